The summed E-state index contributed by atoms with van der Waals surface area (Å²) in [7, 11) is 0. The zero-order valence-electron chi connectivity index (χ0n) is 13.6. The molecule has 0 aliphatic carbocycles. The molecule has 0 spiro atoms. The third kappa shape index (κ3) is 3.85. The first-order valence-corrected chi connectivity index (χ1v) is 7.54. The standard InChI is InChI=1S/C18H13F3N2O3/c1-10-14(9-25-13-4-2-3-11(19)7-13)17(23-26-10)18(24)22-16-8-12(20)5-6-15(16)21/h2-8H,9H2,1H3,(H,22,24). The zero-order chi connectivity index (χ0) is 18.7. The molecule has 2 aromatic carbocycles. The molecular weight excluding hydrogens is 349 g/mol. The van der Waals surface area contributed by atoms with Crippen LogP contribution in [0.3, 0.4) is 0 Å². The fraction of sp³-hybridized carbons (Fsp3) is 0.111. The maximum Gasteiger partial charge on any atom is 0.278 e. The molecule has 0 aliphatic rings. The van der Waals surface area contributed by atoms with Crippen LogP contribution in [0.25, 0.3) is 0 Å². The number of aryl methyl sites for hydroxylation is 1. The lowest BCUT2D eigenvalue weighted by atomic mass is 10.2. The number of carbonyl (C=O) groups is 1. The lowest BCUT2D eigenvalue weighted by molar-refractivity contribution is 0.101. The number of anilines is 1. The van der Waals surface area contributed by atoms with Gasteiger partial charge in [0.2, 0.25) is 0 Å². The highest BCUT2D eigenvalue weighted by Crippen LogP contribution is 2.21. The van der Waals surface area contributed by atoms with Crippen LogP contribution in [0.15, 0.2) is 47.0 Å². The monoisotopic (exact) mass is 362 g/mol. The molecule has 1 aromatic heterocycles. The molecule has 8 heteroatoms. The van der Waals surface area contributed by atoms with E-state index in [4.69, 9.17) is 9.26 Å². The Bertz CT molecular complexity index is 957. The van der Waals surface area contributed by atoms with Crippen LogP contribution in [0, 0.1) is 24.4 Å². The van der Waals surface area contributed by atoms with Gasteiger partial charge < -0.3 is 14.6 Å². The van der Waals surface area contributed by atoms with Gasteiger partial charge in [-0.1, -0.05) is 11.2 Å². The molecule has 3 aromatic rings. The van der Waals surface area contributed by atoms with E-state index in [0.717, 1.165) is 18.2 Å². The molecular formula is C18H13F3N2O3. The van der Waals surface area contributed by atoms with Crippen molar-refractivity contribution in [3.8, 4) is 5.75 Å². The van der Waals surface area contributed by atoms with Crippen molar-refractivity contribution in [2.45, 2.75) is 13.5 Å². The van der Waals surface area contributed by atoms with Crippen molar-refractivity contribution < 1.29 is 27.2 Å². The van der Waals surface area contributed by atoms with Gasteiger partial charge in [-0.15, -0.1) is 0 Å². The number of aromatic nitrogens is 1. The predicted molar refractivity (Wildman–Crippen MR) is 86.3 cm³/mol. The quantitative estimate of drug-likeness (QED) is 0.738. The minimum absolute atomic E-state index is 0.118. The maximum absolute atomic E-state index is 13.7. The van der Waals surface area contributed by atoms with Crippen molar-refractivity contribution in [2.75, 3.05) is 5.32 Å². The van der Waals surface area contributed by atoms with Gasteiger partial charge in [-0.2, -0.15) is 0 Å². The number of amides is 1. The largest absolute Gasteiger partial charge is 0.489 e. The van der Waals surface area contributed by atoms with Crippen LogP contribution in [-0.2, 0) is 6.61 Å². The number of carbonyl (C=O) groups excluding carboxylic acids is 1. The van der Waals surface area contributed by atoms with Crippen molar-refractivity contribution in [3.05, 3.63) is 76.9 Å². The van der Waals surface area contributed by atoms with E-state index in [2.05, 4.69) is 10.5 Å². The normalized spacial score (nSPS) is 10.6. The highest BCUT2D eigenvalue weighted by atomic mass is 19.1. The summed E-state index contributed by atoms with van der Waals surface area (Å²) in [4.78, 5) is 12.3. The minimum atomic E-state index is -0.794. The topological polar surface area (TPSA) is 64.4 Å². The first-order valence-electron chi connectivity index (χ1n) is 7.54. The van der Waals surface area contributed by atoms with Crippen LogP contribution in [0.5, 0.6) is 5.75 Å². The van der Waals surface area contributed by atoms with Gasteiger partial charge in [0.1, 0.15) is 35.6 Å². The molecule has 0 saturated heterocycles. The highest BCUT2D eigenvalue weighted by Gasteiger charge is 2.21. The minimum Gasteiger partial charge on any atom is -0.489 e. The maximum atomic E-state index is 13.7. The average Bonchev–Trinajstić information content (AvgIpc) is 2.97. The number of nitrogens with one attached hydrogen (secondary N) is 1. The first-order chi connectivity index (χ1) is 12.4. The number of benzene rings is 2. The Morgan fingerprint density at radius 3 is 2.69 bits per heavy atom. The van der Waals surface area contributed by atoms with Crippen LogP contribution in [0.4, 0.5) is 18.9 Å². The molecule has 134 valence electrons. The molecule has 0 aliphatic heterocycles. The van der Waals surface area contributed by atoms with Gasteiger partial charge in [0.25, 0.3) is 5.91 Å². The third-order valence-corrected chi connectivity index (χ3v) is 3.56. The predicted octanol–water partition coefficient (Wildman–Crippen LogP) is 4.23. The van der Waals surface area contributed by atoms with Gasteiger partial charge in [0.05, 0.1) is 11.3 Å². The van der Waals surface area contributed by atoms with E-state index >= 15 is 0 Å². The van der Waals surface area contributed by atoms with Crippen molar-refractivity contribution in [2.24, 2.45) is 0 Å². The molecule has 0 bridgehead atoms. The number of halogens is 3. The van der Waals surface area contributed by atoms with Crippen molar-refractivity contribution in [1.29, 1.82) is 0 Å². The summed E-state index contributed by atoms with van der Waals surface area (Å²) in [6, 6.07) is 8.16. The summed E-state index contributed by atoms with van der Waals surface area (Å²) >= 11 is 0. The SMILES string of the molecule is Cc1onc(C(=O)Nc2cc(F)ccc2F)c1COc1cccc(F)c1. The van der Waals surface area contributed by atoms with Gasteiger partial charge in [-0.25, -0.2) is 13.2 Å². The van der Waals surface area contributed by atoms with Crippen molar-refractivity contribution in [1.82, 2.24) is 5.16 Å². The lowest BCUT2D eigenvalue weighted by Crippen LogP contribution is -2.16. The zero-order valence-corrected chi connectivity index (χ0v) is 13.6. The summed E-state index contributed by atoms with van der Waals surface area (Å²) < 4.78 is 50.5. The fourth-order valence-electron chi connectivity index (χ4n) is 2.23. The van der Waals surface area contributed by atoms with E-state index in [9.17, 15) is 18.0 Å². The van der Waals surface area contributed by atoms with Crippen molar-refractivity contribution in [3.63, 3.8) is 0 Å². The third-order valence-electron chi connectivity index (χ3n) is 3.56. The first kappa shape index (κ1) is 17.5. The van der Waals surface area contributed by atoms with E-state index in [1.54, 1.807) is 13.0 Å². The molecule has 0 unspecified atom stereocenters. The van der Waals surface area contributed by atoms with Crippen LogP contribution in [0.2, 0.25) is 0 Å². The second kappa shape index (κ2) is 7.30. The summed E-state index contributed by atoms with van der Waals surface area (Å²) in [6.45, 7) is 1.45. The average molecular weight is 362 g/mol. The van der Waals surface area contributed by atoms with E-state index in [-0.39, 0.29) is 23.7 Å². The van der Waals surface area contributed by atoms with Gasteiger partial charge >= 0.3 is 0 Å². The molecule has 1 amide bonds. The second-order valence-electron chi connectivity index (χ2n) is 5.39. The lowest BCUT2D eigenvalue weighted by Gasteiger charge is -2.08. The molecule has 0 saturated carbocycles. The fourth-order valence-corrected chi connectivity index (χ4v) is 2.23. The summed E-state index contributed by atoms with van der Waals surface area (Å²) in [5, 5.41) is 5.87. The Labute approximate surface area is 146 Å². The highest BCUT2D eigenvalue weighted by molar-refractivity contribution is 6.03. The van der Waals surface area contributed by atoms with Crippen LogP contribution in [-0.4, -0.2) is 11.1 Å². The molecule has 0 atom stereocenters. The van der Waals surface area contributed by atoms with Crippen LogP contribution in [0.1, 0.15) is 21.8 Å². The van der Waals surface area contributed by atoms with E-state index in [1.807, 2.05) is 0 Å². The molecule has 1 heterocycles. The van der Waals surface area contributed by atoms with Gasteiger partial charge in [0.15, 0.2) is 5.69 Å². The Morgan fingerprint density at radius 2 is 1.92 bits per heavy atom. The number of ether oxygens (including phenoxy) is 1. The Kier molecular flexibility index (Phi) is 4.92. The Morgan fingerprint density at radius 1 is 1.15 bits per heavy atom. The smallest absolute Gasteiger partial charge is 0.278 e. The van der Waals surface area contributed by atoms with Crippen LogP contribution >= 0.6 is 0 Å². The molecule has 5 nitrogen and oxygen atoms in total. The molecule has 3 rings (SSSR count). The Hall–Kier alpha value is -3.29. The molecule has 0 radical (unpaired) electrons. The van der Waals surface area contributed by atoms with Crippen molar-refractivity contribution >= 4 is 11.6 Å². The summed E-state index contributed by atoms with van der Waals surface area (Å²) in [5.41, 5.74) is -0.154. The van der Waals surface area contributed by atoms with Gasteiger partial charge in [-0.3, -0.25) is 4.79 Å². The number of rotatable bonds is 5. The van der Waals surface area contributed by atoms with Crippen LogP contribution < -0.4 is 10.1 Å². The number of hydrogen-bond donors (Lipinski definition) is 1. The van der Waals surface area contributed by atoms with E-state index < -0.39 is 23.4 Å². The molecule has 1 N–H and O–H groups in total. The van der Waals surface area contributed by atoms with Gasteiger partial charge in [-0.05, 0) is 31.2 Å². The second-order valence-corrected chi connectivity index (χ2v) is 5.39. The van der Waals surface area contributed by atoms with E-state index in [0.29, 0.717) is 11.3 Å². The number of nitrogens with zero attached hydrogens (tertiary/aromatic N) is 1. The summed E-state index contributed by atoms with van der Waals surface area (Å²) in [6.07, 6.45) is 0. The Balaban J connectivity index is 1.78. The molecule has 26 heavy (non-hydrogen) atoms. The van der Waals surface area contributed by atoms with Gasteiger partial charge in [0, 0.05) is 12.1 Å². The molecule has 0 fully saturated rings. The number of hydrogen-bond acceptors (Lipinski definition) is 4. The summed E-state index contributed by atoms with van der Waals surface area (Å²) in [5.74, 6) is -2.18. The van der Waals surface area contributed by atoms with E-state index in [1.165, 1.54) is 18.2 Å².